The minimum Gasteiger partial charge on any atom is -0.298 e. The summed E-state index contributed by atoms with van der Waals surface area (Å²) in [4.78, 5) is 13.8. The molecule has 2 fully saturated rings. The summed E-state index contributed by atoms with van der Waals surface area (Å²) >= 11 is 0. The number of carbonyl (C=O) groups is 1. The monoisotopic (exact) mass is 195 g/mol. The van der Waals surface area contributed by atoms with Crippen LogP contribution in [0.2, 0.25) is 0 Å². The summed E-state index contributed by atoms with van der Waals surface area (Å²) in [5.74, 6) is 1.76. The van der Waals surface area contributed by atoms with Crippen LogP contribution in [0.4, 0.5) is 0 Å². The molecule has 0 N–H and O–H groups in total. The molecule has 1 saturated heterocycles. The number of carbonyl (C=O) groups excluding carboxylic acids is 1. The third kappa shape index (κ3) is 1.50. The average Bonchev–Trinajstić information content (AvgIpc) is 2.37. The first kappa shape index (κ1) is 10.2. The van der Waals surface area contributed by atoms with Gasteiger partial charge in [-0.1, -0.05) is 13.8 Å². The number of hydrogen-bond acceptors (Lipinski definition) is 2. The van der Waals surface area contributed by atoms with Crippen LogP contribution in [0.15, 0.2) is 0 Å². The number of fused-ring (bicyclic) bond motifs is 1. The van der Waals surface area contributed by atoms with Crippen molar-refractivity contribution in [2.45, 2.75) is 39.7 Å². The highest BCUT2D eigenvalue weighted by Crippen LogP contribution is 2.50. The van der Waals surface area contributed by atoms with Gasteiger partial charge in [0.1, 0.15) is 5.78 Å². The standard InChI is InChI=1S/C12H21NO/c1-8(14)11-10-6-12(2,3)5-9(10)7-13(11)4/h9-11H,5-7H2,1-4H3/t9-,10-,11?/m0/s1. The fourth-order valence-electron chi connectivity index (χ4n) is 3.74. The summed E-state index contributed by atoms with van der Waals surface area (Å²) in [7, 11) is 2.09. The van der Waals surface area contributed by atoms with Crippen molar-refractivity contribution in [1.82, 2.24) is 4.90 Å². The zero-order chi connectivity index (χ0) is 10.5. The van der Waals surface area contributed by atoms with Crippen molar-refractivity contribution in [3.8, 4) is 0 Å². The second-order valence-corrected chi connectivity index (χ2v) is 5.99. The summed E-state index contributed by atoms with van der Waals surface area (Å²) in [5.41, 5.74) is 0.463. The second-order valence-electron chi connectivity index (χ2n) is 5.99. The van der Waals surface area contributed by atoms with Gasteiger partial charge < -0.3 is 0 Å². The highest BCUT2D eigenvalue weighted by atomic mass is 16.1. The van der Waals surface area contributed by atoms with E-state index in [0.29, 0.717) is 17.1 Å². The first-order valence-electron chi connectivity index (χ1n) is 5.61. The summed E-state index contributed by atoms with van der Waals surface area (Å²) in [6.45, 7) is 7.54. The van der Waals surface area contributed by atoms with E-state index in [1.807, 2.05) is 0 Å². The second kappa shape index (κ2) is 3.06. The molecule has 80 valence electrons. The van der Waals surface area contributed by atoms with Crippen LogP contribution in [0.1, 0.15) is 33.6 Å². The normalized spacial score (nSPS) is 41.3. The van der Waals surface area contributed by atoms with E-state index in [2.05, 4.69) is 25.8 Å². The van der Waals surface area contributed by atoms with Gasteiger partial charge in [-0.3, -0.25) is 9.69 Å². The smallest absolute Gasteiger partial charge is 0.147 e. The van der Waals surface area contributed by atoms with Gasteiger partial charge in [-0.2, -0.15) is 0 Å². The molecule has 0 aromatic carbocycles. The first-order chi connectivity index (χ1) is 6.41. The summed E-state index contributed by atoms with van der Waals surface area (Å²) in [6, 6.07) is 0.210. The Morgan fingerprint density at radius 3 is 2.57 bits per heavy atom. The van der Waals surface area contributed by atoms with Crippen molar-refractivity contribution < 1.29 is 4.79 Å². The Morgan fingerprint density at radius 2 is 2.00 bits per heavy atom. The minimum absolute atomic E-state index is 0.210. The predicted molar refractivity (Wildman–Crippen MR) is 57.1 cm³/mol. The highest BCUT2D eigenvalue weighted by molar-refractivity contribution is 5.82. The Kier molecular flexibility index (Phi) is 2.22. The molecule has 1 aliphatic carbocycles. The van der Waals surface area contributed by atoms with Crippen LogP contribution < -0.4 is 0 Å². The van der Waals surface area contributed by atoms with Gasteiger partial charge >= 0.3 is 0 Å². The molecule has 1 aliphatic heterocycles. The zero-order valence-corrected chi connectivity index (χ0v) is 9.71. The molecule has 1 heterocycles. The molecule has 0 radical (unpaired) electrons. The van der Waals surface area contributed by atoms with E-state index in [1.165, 1.54) is 12.8 Å². The lowest BCUT2D eigenvalue weighted by Gasteiger charge is -2.25. The van der Waals surface area contributed by atoms with Crippen molar-refractivity contribution >= 4 is 5.78 Å². The quantitative estimate of drug-likeness (QED) is 0.637. The van der Waals surface area contributed by atoms with Crippen molar-refractivity contribution in [1.29, 1.82) is 0 Å². The molecule has 1 unspecified atom stereocenters. The van der Waals surface area contributed by atoms with Gasteiger partial charge in [0.2, 0.25) is 0 Å². The minimum atomic E-state index is 0.210. The summed E-state index contributed by atoms with van der Waals surface area (Å²) in [6.07, 6.45) is 2.53. The number of likely N-dealkylation sites (tertiary alicyclic amines) is 1. The number of hydrogen-bond donors (Lipinski definition) is 0. The number of nitrogens with zero attached hydrogens (tertiary/aromatic N) is 1. The predicted octanol–water partition coefficient (Wildman–Crippen LogP) is 1.94. The highest BCUT2D eigenvalue weighted by Gasteiger charge is 2.50. The van der Waals surface area contributed by atoms with Crippen LogP contribution in [-0.4, -0.2) is 30.3 Å². The van der Waals surface area contributed by atoms with Crippen molar-refractivity contribution in [2.24, 2.45) is 17.3 Å². The van der Waals surface area contributed by atoms with E-state index in [9.17, 15) is 4.79 Å². The third-order valence-corrected chi connectivity index (χ3v) is 4.03. The molecule has 2 nitrogen and oxygen atoms in total. The van der Waals surface area contributed by atoms with Gasteiger partial charge in [0.15, 0.2) is 0 Å². The summed E-state index contributed by atoms with van der Waals surface area (Å²) in [5, 5.41) is 0. The van der Waals surface area contributed by atoms with Gasteiger partial charge in [0, 0.05) is 6.54 Å². The molecule has 2 heteroatoms. The topological polar surface area (TPSA) is 20.3 Å². The van der Waals surface area contributed by atoms with Crippen LogP contribution in [0.25, 0.3) is 0 Å². The van der Waals surface area contributed by atoms with E-state index in [1.54, 1.807) is 6.92 Å². The lowest BCUT2D eigenvalue weighted by Crippen LogP contribution is -2.36. The molecule has 0 amide bonds. The maximum absolute atomic E-state index is 11.6. The number of likely N-dealkylation sites (N-methyl/N-ethyl adjacent to an activating group) is 1. The van der Waals surface area contributed by atoms with Crippen LogP contribution in [-0.2, 0) is 4.79 Å². The zero-order valence-electron chi connectivity index (χ0n) is 9.71. The number of ketones is 1. The van der Waals surface area contributed by atoms with Gasteiger partial charge in [0.25, 0.3) is 0 Å². The van der Waals surface area contributed by atoms with Crippen LogP contribution in [0, 0.1) is 17.3 Å². The fraction of sp³-hybridized carbons (Fsp3) is 0.917. The number of rotatable bonds is 1. The molecule has 1 saturated carbocycles. The third-order valence-electron chi connectivity index (χ3n) is 4.03. The Bertz CT molecular complexity index is 259. The molecule has 0 aromatic heterocycles. The lowest BCUT2D eigenvalue weighted by atomic mass is 9.87. The summed E-state index contributed by atoms with van der Waals surface area (Å²) < 4.78 is 0. The van der Waals surface area contributed by atoms with Gasteiger partial charge in [-0.15, -0.1) is 0 Å². The molecule has 0 aromatic rings. The fourth-order valence-corrected chi connectivity index (χ4v) is 3.74. The van der Waals surface area contributed by atoms with Crippen molar-refractivity contribution in [3.05, 3.63) is 0 Å². The Labute approximate surface area is 86.7 Å². The van der Waals surface area contributed by atoms with Gasteiger partial charge in [0.05, 0.1) is 6.04 Å². The Morgan fingerprint density at radius 1 is 1.36 bits per heavy atom. The Hall–Kier alpha value is -0.370. The van der Waals surface area contributed by atoms with E-state index >= 15 is 0 Å². The molecular weight excluding hydrogens is 174 g/mol. The molecule has 14 heavy (non-hydrogen) atoms. The molecule has 2 aliphatic rings. The largest absolute Gasteiger partial charge is 0.298 e. The lowest BCUT2D eigenvalue weighted by molar-refractivity contribution is -0.122. The maximum Gasteiger partial charge on any atom is 0.147 e. The van der Waals surface area contributed by atoms with Crippen LogP contribution in [0.3, 0.4) is 0 Å². The van der Waals surface area contributed by atoms with Gasteiger partial charge in [-0.25, -0.2) is 0 Å². The molecular formula is C12H21NO. The van der Waals surface area contributed by atoms with E-state index in [0.717, 1.165) is 12.5 Å². The van der Waals surface area contributed by atoms with Crippen LogP contribution >= 0.6 is 0 Å². The maximum atomic E-state index is 11.6. The SMILES string of the molecule is CC(=O)C1[C@H]2CC(C)(C)C[C@H]2CN1C. The molecule has 2 rings (SSSR count). The first-order valence-corrected chi connectivity index (χ1v) is 5.61. The molecule has 0 spiro atoms. The van der Waals surface area contributed by atoms with E-state index < -0.39 is 0 Å². The van der Waals surface area contributed by atoms with Gasteiger partial charge in [-0.05, 0) is 44.1 Å². The molecule has 3 atom stereocenters. The number of Topliss-reactive ketones (excluding diaryl/α,β-unsaturated/α-hetero) is 1. The van der Waals surface area contributed by atoms with Crippen molar-refractivity contribution in [2.75, 3.05) is 13.6 Å². The van der Waals surface area contributed by atoms with Crippen LogP contribution in [0.5, 0.6) is 0 Å². The molecule has 0 bridgehead atoms. The average molecular weight is 195 g/mol. The van der Waals surface area contributed by atoms with Crippen molar-refractivity contribution in [3.63, 3.8) is 0 Å². The Balaban J connectivity index is 2.18. The van der Waals surface area contributed by atoms with E-state index in [4.69, 9.17) is 0 Å². The van der Waals surface area contributed by atoms with E-state index in [-0.39, 0.29) is 6.04 Å².